The quantitative estimate of drug-likeness (QED) is 0.741. The molecule has 2 aromatic rings. The lowest BCUT2D eigenvalue weighted by Gasteiger charge is -2.08. The fraction of sp³-hybridized carbons (Fsp3) is 0.235. The van der Waals surface area contributed by atoms with E-state index in [9.17, 15) is 9.59 Å². The topological polar surface area (TPSA) is 88.5 Å². The van der Waals surface area contributed by atoms with Gasteiger partial charge in [-0.1, -0.05) is 24.9 Å². The number of halogens is 1. The van der Waals surface area contributed by atoms with Crippen molar-refractivity contribution in [1.29, 1.82) is 0 Å². The Balaban J connectivity index is 2.01. The Morgan fingerprint density at radius 1 is 1.29 bits per heavy atom. The number of carbonyl (C=O) groups is 2. The van der Waals surface area contributed by atoms with E-state index in [1.165, 1.54) is 12.3 Å². The Labute approximate surface area is 144 Å². The summed E-state index contributed by atoms with van der Waals surface area (Å²) in [7, 11) is 0. The van der Waals surface area contributed by atoms with Crippen molar-refractivity contribution < 1.29 is 19.4 Å². The summed E-state index contributed by atoms with van der Waals surface area (Å²) < 4.78 is 5.55. The zero-order valence-electron chi connectivity index (χ0n) is 13.1. The largest absolute Gasteiger partial charge is 0.494 e. The molecule has 1 amide bonds. The van der Waals surface area contributed by atoms with Crippen molar-refractivity contribution in [1.82, 2.24) is 4.98 Å². The SMILES string of the molecule is CCCCOc1ccc(NC(=O)c2cnc(C(=O)O)c(Cl)c2)cc1. The Hall–Kier alpha value is -2.60. The first kappa shape index (κ1) is 17.7. The van der Waals surface area contributed by atoms with Crippen molar-refractivity contribution in [3.8, 4) is 5.75 Å². The second kappa shape index (κ2) is 8.31. The van der Waals surface area contributed by atoms with Gasteiger partial charge in [0.2, 0.25) is 0 Å². The first-order valence-electron chi connectivity index (χ1n) is 7.44. The van der Waals surface area contributed by atoms with Crippen LogP contribution in [0.2, 0.25) is 5.02 Å². The fourth-order valence-electron chi connectivity index (χ4n) is 1.89. The molecule has 2 rings (SSSR count). The molecule has 6 nitrogen and oxygen atoms in total. The second-order valence-electron chi connectivity index (χ2n) is 5.04. The lowest BCUT2D eigenvalue weighted by atomic mass is 10.2. The van der Waals surface area contributed by atoms with Crippen LogP contribution in [0.5, 0.6) is 5.75 Å². The van der Waals surface area contributed by atoms with E-state index < -0.39 is 11.9 Å². The van der Waals surface area contributed by atoms with Gasteiger partial charge in [-0.15, -0.1) is 0 Å². The Morgan fingerprint density at radius 2 is 2.00 bits per heavy atom. The van der Waals surface area contributed by atoms with E-state index in [4.69, 9.17) is 21.4 Å². The highest BCUT2D eigenvalue weighted by Crippen LogP contribution is 2.19. The Morgan fingerprint density at radius 3 is 2.58 bits per heavy atom. The van der Waals surface area contributed by atoms with E-state index in [0.29, 0.717) is 12.3 Å². The van der Waals surface area contributed by atoms with Gasteiger partial charge in [0.15, 0.2) is 5.69 Å². The maximum absolute atomic E-state index is 12.2. The molecule has 0 atom stereocenters. The zero-order chi connectivity index (χ0) is 17.5. The van der Waals surface area contributed by atoms with E-state index in [0.717, 1.165) is 18.6 Å². The minimum atomic E-state index is -1.24. The number of pyridine rings is 1. The highest BCUT2D eigenvalue weighted by atomic mass is 35.5. The van der Waals surface area contributed by atoms with Crippen molar-refractivity contribution in [2.45, 2.75) is 19.8 Å². The summed E-state index contributed by atoms with van der Waals surface area (Å²) >= 11 is 5.81. The van der Waals surface area contributed by atoms with E-state index >= 15 is 0 Å². The minimum absolute atomic E-state index is 0.0881. The van der Waals surface area contributed by atoms with Crippen LogP contribution in [0.25, 0.3) is 0 Å². The molecular weight excluding hydrogens is 332 g/mol. The molecule has 0 unspecified atom stereocenters. The fourth-order valence-corrected chi connectivity index (χ4v) is 2.14. The number of carboxylic acid groups (broad SMARTS) is 1. The third-order valence-electron chi connectivity index (χ3n) is 3.18. The van der Waals surface area contributed by atoms with E-state index in [1.54, 1.807) is 24.3 Å². The molecule has 1 aromatic carbocycles. The number of aromatic carboxylic acids is 1. The summed E-state index contributed by atoms with van der Waals surface area (Å²) in [5, 5.41) is 11.5. The van der Waals surface area contributed by atoms with Crippen LogP contribution in [-0.4, -0.2) is 28.6 Å². The average Bonchev–Trinajstić information content (AvgIpc) is 2.56. The molecule has 126 valence electrons. The maximum atomic E-state index is 12.2. The number of amides is 1. The molecular formula is C17H17ClN2O4. The third kappa shape index (κ3) is 4.70. The number of ether oxygens (including phenoxy) is 1. The van der Waals surface area contributed by atoms with Gasteiger partial charge in [0.05, 0.1) is 17.2 Å². The molecule has 24 heavy (non-hydrogen) atoms. The maximum Gasteiger partial charge on any atom is 0.356 e. The van der Waals surface area contributed by atoms with Crippen LogP contribution in [0.1, 0.15) is 40.6 Å². The molecule has 0 aliphatic heterocycles. The number of aromatic nitrogens is 1. The number of anilines is 1. The van der Waals surface area contributed by atoms with E-state index in [-0.39, 0.29) is 16.3 Å². The summed E-state index contributed by atoms with van der Waals surface area (Å²) in [6.45, 7) is 2.74. The average molecular weight is 349 g/mol. The molecule has 1 aromatic heterocycles. The number of benzene rings is 1. The highest BCUT2D eigenvalue weighted by molar-refractivity contribution is 6.33. The van der Waals surface area contributed by atoms with Gasteiger partial charge in [-0.25, -0.2) is 9.78 Å². The van der Waals surface area contributed by atoms with Gasteiger partial charge in [-0.05, 0) is 36.8 Å². The molecule has 7 heteroatoms. The van der Waals surface area contributed by atoms with Crippen molar-refractivity contribution >= 4 is 29.2 Å². The molecule has 0 radical (unpaired) electrons. The predicted octanol–water partition coefficient (Wildman–Crippen LogP) is 3.86. The molecule has 2 N–H and O–H groups in total. The van der Waals surface area contributed by atoms with Gasteiger partial charge in [-0.2, -0.15) is 0 Å². The van der Waals surface area contributed by atoms with Gasteiger partial charge < -0.3 is 15.2 Å². The summed E-state index contributed by atoms with van der Waals surface area (Å²) in [5.41, 5.74) is 0.469. The standard InChI is InChI=1S/C17H17ClN2O4/c1-2-3-8-24-13-6-4-12(5-7-13)20-16(21)11-9-14(18)15(17(22)23)19-10-11/h4-7,9-10H,2-3,8H2,1H3,(H,20,21)(H,22,23). The number of hydrogen-bond donors (Lipinski definition) is 2. The van der Waals surface area contributed by atoms with Crippen LogP contribution in [-0.2, 0) is 0 Å². The van der Waals surface area contributed by atoms with Gasteiger partial charge in [0, 0.05) is 11.9 Å². The minimum Gasteiger partial charge on any atom is -0.494 e. The summed E-state index contributed by atoms with van der Waals surface area (Å²) in [4.78, 5) is 26.7. The van der Waals surface area contributed by atoms with Crippen LogP contribution in [0.15, 0.2) is 36.5 Å². The van der Waals surface area contributed by atoms with Gasteiger partial charge in [0.25, 0.3) is 5.91 Å². The Kier molecular flexibility index (Phi) is 6.14. The summed E-state index contributed by atoms with van der Waals surface area (Å²) in [5.74, 6) is -0.941. The van der Waals surface area contributed by atoms with Crippen LogP contribution < -0.4 is 10.1 Å². The number of hydrogen-bond acceptors (Lipinski definition) is 4. The first-order chi connectivity index (χ1) is 11.5. The monoisotopic (exact) mass is 348 g/mol. The van der Waals surface area contributed by atoms with Crippen molar-refractivity contribution in [2.75, 3.05) is 11.9 Å². The third-order valence-corrected chi connectivity index (χ3v) is 3.47. The number of rotatable bonds is 7. The lowest BCUT2D eigenvalue weighted by molar-refractivity contribution is 0.0690. The molecule has 0 bridgehead atoms. The molecule has 1 heterocycles. The first-order valence-corrected chi connectivity index (χ1v) is 7.82. The summed E-state index contributed by atoms with van der Waals surface area (Å²) in [6, 6.07) is 8.25. The highest BCUT2D eigenvalue weighted by Gasteiger charge is 2.14. The zero-order valence-corrected chi connectivity index (χ0v) is 13.8. The summed E-state index contributed by atoms with van der Waals surface area (Å²) in [6.07, 6.45) is 3.22. The van der Waals surface area contributed by atoms with E-state index in [1.807, 2.05) is 0 Å². The molecule has 0 fully saturated rings. The number of nitrogens with zero attached hydrogens (tertiary/aromatic N) is 1. The number of unbranched alkanes of at least 4 members (excludes halogenated alkanes) is 1. The van der Waals surface area contributed by atoms with Crippen LogP contribution in [0.3, 0.4) is 0 Å². The van der Waals surface area contributed by atoms with Crippen molar-refractivity contribution in [3.05, 3.63) is 52.8 Å². The molecule has 0 aliphatic carbocycles. The van der Waals surface area contributed by atoms with E-state index in [2.05, 4.69) is 17.2 Å². The second-order valence-corrected chi connectivity index (χ2v) is 5.45. The number of carbonyl (C=O) groups excluding carboxylic acids is 1. The van der Waals surface area contributed by atoms with Crippen molar-refractivity contribution in [3.63, 3.8) is 0 Å². The van der Waals surface area contributed by atoms with Gasteiger partial charge in [0.1, 0.15) is 5.75 Å². The Bertz CT molecular complexity index is 732. The van der Waals surface area contributed by atoms with Crippen LogP contribution >= 0.6 is 11.6 Å². The van der Waals surface area contributed by atoms with Gasteiger partial charge >= 0.3 is 5.97 Å². The normalized spacial score (nSPS) is 10.2. The molecule has 0 saturated carbocycles. The van der Waals surface area contributed by atoms with Crippen LogP contribution in [0, 0.1) is 0 Å². The van der Waals surface area contributed by atoms with Gasteiger partial charge in [-0.3, -0.25) is 4.79 Å². The number of carboxylic acids is 1. The molecule has 0 saturated heterocycles. The smallest absolute Gasteiger partial charge is 0.356 e. The molecule has 0 spiro atoms. The van der Waals surface area contributed by atoms with Crippen LogP contribution in [0.4, 0.5) is 5.69 Å². The lowest BCUT2D eigenvalue weighted by Crippen LogP contribution is -2.13. The van der Waals surface area contributed by atoms with Crippen molar-refractivity contribution in [2.24, 2.45) is 0 Å². The molecule has 0 aliphatic rings. The number of nitrogens with one attached hydrogen (secondary N) is 1. The predicted molar refractivity (Wildman–Crippen MR) is 91.0 cm³/mol.